The number of nitrogens with zero attached hydrogens (tertiary/aromatic N) is 6. The lowest BCUT2D eigenvalue weighted by Gasteiger charge is -2.38. The van der Waals surface area contributed by atoms with Crippen LogP contribution < -0.4 is 5.32 Å². The molecular formula is C18H29N7O3. The van der Waals surface area contributed by atoms with E-state index in [0.717, 1.165) is 38.4 Å². The second-order valence-electron chi connectivity index (χ2n) is 8.23. The Balaban J connectivity index is 1.18. The number of hydrogen-bond donors (Lipinski definition) is 1. The highest BCUT2D eigenvalue weighted by Crippen LogP contribution is 2.31. The summed E-state index contributed by atoms with van der Waals surface area (Å²) >= 11 is 0. The van der Waals surface area contributed by atoms with Crippen molar-refractivity contribution in [2.75, 3.05) is 45.9 Å². The summed E-state index contributed by atoms with van der Waals surface area (Å²) in [5, 5.41) is 13.5. The molecule has 1 aromatic rings. The Morgan fingerprint density at radius 3 is 2.68 bits per heavy atom. The van der Waals surface area contributed by atoms with Crippen molar-refractivity contribution in [1.29, 1.82) is 0 Å². The molecule has 1 saturated carbocycles. The van der Waals surface area contributed by atoms with Gasteiger partial charge in [-0.3, -0.25) is 9.59 Å². The number of likely N-dealkylation sites (tertiary alicyclic amines) is 1. The average Bonchev–Trinajstić information content (AvgIpc) is 3.36. The predicted molar refractivity (Wildman–Crippen MR) is 99.0 cm³/mol. The van der Waals surface area contributed by atoms with E-state index in [1.54, 1.807) is 0 Å². The van der Waals surface area contributed by atoms with Crippen LogP contribution in [0.3, 0.4) is 0 Å². The third kappa shape index (κ3) is 5.48. The zero-order chi connectivity index (χ0) is 19.3. The molecule has 1 aliphatic carbocycles. The first-order valence-electron chi connectivity index (χ1n) is 10.2. The average molecular weight is 391 g/mol. The fourth-order valence-corrected chi connectivity index (χ4v) is 3.99. The summed E-state index contributed by atoms with van der Waals surface area (Å²) in [6, 6.07) is 0. The molecule has 154 valence electrons. The van der Waals surface area contributed by atoms with Crippen LogP contribution in [0.5, 0.6) is 0 Å². The van der Waals surface area contributed by atoms with E-state index in [9.17, 15) is 9.59 Å². The Labute approximate surface area is 164 Å². The molecule has 2 aliphatic heterocycles. The van der Waals surface area contributed by atoms with E-state index >= 15 is 0 Å². The molecule has 2 amide bonds. The van der Waals surface area contributed by atoms with Crippen LogP contribution in [0.15, 0.2) is 6.33 Å². The van der Waals surface area contributed by atoms with Gasteiger partial charge in [-0.1, -0.05) is 0 Å². The lowest BCUT2D eigenvalue weighted by atomic mass is 9.95. The summed E-state index contributed by atoms with van der Waals surface area (Å²) in [6.07, 6.45) is 6.33. The highest BCUT2D eigenvalue weighted by atomic mass is 16.5. The van der Waals surface area contributed by atoms with E-state index in [0.29, 0.717) is 19.0 Å². The van der Waals surface area contributed by atoms with Gasteiger partial charge < -0.3 is 19.9 Å². The molecule has 0 bridgehead atoms. The quantitative estimate of drug-likeness (QED) is 0.615. The number of aromatic nitrogens is 4. The summed E-state index contributed by atoms with van der Waals surface area (Å²) in [5.41, 5.74) is 0. The zero-order valence-electron chi connectivity index (χ0n) is 16.2. The molecule has 3 heterocycles. The number of piperidine rings is 1. The van der Waals surface area contributed by atoms with Crippen LogP contribution in [0.4, 0.5) is 0 Å². The molecule has 0 aromatic carbocycles. The van der Waals surface area contributed by atoms with Crippen LogP contribution in [-0.4, -0.2) is 93.8 Å². The number of ether oxygens (including phenoxy) is 1. The molecule has 2 saturated heterocycles. The Morgan fingerprint density at radius 2 is 1.96 bits per heavy atom. The Hall–Kier alpha value is -2.07. The van der Waals surface area contributed by atoms with E-state index in [-0.39, 0.29) is 31.1 Å². The van der Waals surface area contributed by atoms with Gasteiger partial charge in [0.15, 0.2) is 0 Å². The molecule has 1 atom stereocenters. The van der Waals surface area contributed by atoms with Gasteiger partial charge in [-0.2, -0.15) is 0 Å². The van der Waals surface area contributed by atoms with Crippen molar-refractivity contribution in [3.8, 4) is 0 Å². The SMILES string of the molecule is O=C(Cn1cnnn1)NC[C@H]1CN(CC2CCN(CC3CC3)CC2)C(=O)CO1. The number of tetrazole rings is 1. The molecule has 0 unspecified atom stereocenters. The van der Waals surface area contributed by atoms with E-state index in [1.807, 2.05) is 4.90 Å². The lowest BCUT2D eigenvalue weighted by molar-refractivity contribution is -0.150. The summed E-state index contributed by atoms with van der Waals surface area (Å²) in [5.74, 6) is 1.38. The maximum absolute atomic E-state index is 12.3. The molecular weight excluding hydrogens is 362 g/mol. The monoisotopic (exact) mass is 391 g/mol. The Kier molecular flexibility index (Phi) is 6.16. The molecule has 10 heteroatoms. The second kappa shape index (κ2) is 8.95. The Morgan fingerprint density at radius 1 is 1.18 bits per heavy atom. The van der Waals surface area contributed by atoms with E-state index in [2.05, 4.69) is 25.7 Å². The minimum atomic E-state index is -0.178. The third-order valence-electron chi connectivity index (χ3n) is 5.84. The fourth-order valence-electron chi connectivity index (χ4n) is 3.99. The largest absolute Gasteiger partial charge is 0.365 e. The van der Waals surface area contributed by atoms with Crippen molar-refractivity contribution >= 4 is 11.8 Å². The van der Waals surface area contributed by atoms with E-state index < -0.39 is 0 Å². The number of nitrogens with one attached hydrogen (secondary N) is 1. The summed E-state index contributed by atoms with van der Waals surface area (Å²) < 4.78 is 6.97. The van der Waals surface area contributed by atoms with Crippen molar-refractivity contribution in [2.45, 2.75) is 38.3 Å². The predicted octanol–water partition coefficient (Wildman–Crippen LogP) is -0.861. The minimum Gasteiger partial charge on any atom is -0.365 e. The first-order valence-corrected chi connectivity index (χ1v) is 10.2. The molecule has 10 nitrogen and oxygen atoms in total. The molecule has 4 rings (SSSR count). The smallest absolute Gasteiger partial charge is 0.248 e. The molecule has 1 N–H and O–H groups in total. The van der Waals surface area contributed by atoms with Gasteiger partial charge in [-0.15, -0.1) is 5.10 Å². The number of amides is 2. The number of rotatable bonds is 8. The van der Waals surface area contributed by atoms with Crippen LogP contribution in [0.2, 0.25) is 0 Å². The molecule has 3 aliphatic rings. The van der Waals surface area contributed by atoms with Gasteiger partial charge in [-0.05, 0) is 61.0 Å². The van der Waals surface area contributed by atoms with Crippen molar-refractivity contribution in [3.05, 3.63) is 6.33 Å². The van der Waals surface area contributed by atoms with E-state index in [1.165, 1.54) is 30.4 Å². The van der Waals surface area contributed by atoms with Gasteiger partial charge >= 0.3 is 0 Å². The minimum absolute atomic E-state index is 0.0525. The summed E-state index contributed by atoms with van der Waals surface area (Å²) in [7, 11) is 0. The molecule has 0 spiro atoms. The van der Waals surface area contributed by atoms with Gasteiger partial charge in [0.2, 0.25) is 11.8 Å². The summed E-state index contributed by atoms with van der Waals surface area (Å²) in [6.45, 7) is 5.43. The molecule has 28 heavy (non-hydrogen) atoms. The zero-order valence-corrected chi connectivity index (χ0v) is 16.2. The number of morpholine rings is 1. The maximum Gasteiger partial charge on any atom is 0.248 e. The van der Waals surface area contributed by atoms with Crippen LogP contribution in [0, 0.1) is 11.8 Å². The van der Waals surface area contributed by atoms with Gasteiger partial charge in [0.1, 0.15) is 19.5 Å². The highest BCUT2D eigenvalue weighted by molar-refractivity contribution is 5.78. The van der Waals surface area contributed by atoms with Crippen molar-refractivity contribution in [2.24, 2.45) is 11.8 Å². The standard InChI is InChI=1S/C18H29N7O3/c26-17(11-25-13-20-21-22-25)19-7-16-10-24(18(27)12-28-16)9-15-3-5-23(6-4-15)8-14-1-2-14/h13-16H,1-12H2,(H,19,26)/t16-/m0/s1. The number of carbonyl (C=O) groups is 2. The molecule has 1 aromatic heterocycles. The van der Waals surface area contributed by atoms with Crippen LogP contribution in [0.1, 0.15) is 25.7 Å². The Bertz CT molecular complexity index is 656. The summed E-state index contributed by atoms with van der Waals surface area (Å²) in [4.78, 5) is 28.7. The maximum atomic E-state index is 12.3. The van der Waals surface area contributed by atoms with E-state index in [4.69, 9.17) is 4.74 Å². The highest BCUT2D eigenvalue weighted by Gasteiger charge is 2.31. The molecule has 0 radical (unpaired) electrons. The van der Waals surface area contributed by atoms with Gasteiger partial charge in [0.25, 0.3) is 0 Å². The first-order chi connectivity index (χ1) is 13.7. The fraction of sp³-hybridized carbons (Fsp3) is 0.833. The lowest BCUT2D eigenvalue weighted by Crippen LogP contribution is -2.52. The van der Waals surface area contributed by atoms with Crippen molar-refractivity contribution in [1.82, 2.24) is 35.3 Å². The molecule has 3 fully saturated rings. The van der Waals surface area contributed by atoms with Crippen LogP contribution in [-0.2, 0) is 20.9 Å². The van der Waals surface area contributed by atoms with Gasteiger partial charge in [0, 0.05) is 26.2 Å². The second-order valence-corrected chi connectivity index (χ2v) is 8.23. The topological polar surface area (TPSA) is 105 Å². The number of carbonyl (C=O) groups excluding carboxylic acids is 2. The van der Waals surface area contributed by atoms with Crippen molar-refractivity contribution in [3.63, 3.8) is 0 Å². The van der Waals surface area contributed by atoms with Crippen LogP contribution >= 0.6 is 0 Å². The van der Waals surface area contributed by atoms with Crippen LogP contribution in [0.25, 0.3) is 0 Å². The normalized spacial score (nSPS) is 24.5. The third-order valence-corrected chi connectivity index (χ3v) is 5.84. The van der Waals surface area contributed by atoms with Gasteiger partial charge in [0.05, 0.1) is 6.10 Å². The van der Waals surface area contributed by atoms with Crippen molar-refractivity contribution < 1.29 is 14.3 Å². The number of hydrogen-bond acceptors (Lipinski definition) is 7. The van der Waals surface area contributed by atoms with Gasteiger partial charge in [-0.25, -0.2) is 4.68 Å². The first kappa shape index (κ1) is 19.3.